The highest BCUT2D eigenvalue weighted by molar-refractivity contribution is 6.14. The van der Waals surface area contributed by atoms with Gasteiger partial charge in [0.15, 0.2) is 28.8 Å². The van der Waals surface area contributed by atoms with Crippen molar-refractivity contribution in [1.29, 1.82) is 5.26 Å². The fourth-order valence-electron chi connectivity index (χ4n) is 4.83. The van der Waals surface area contributed by atoms with E-state index in [1.54, 1.807) is 0 Å². The summed E-state index contributed by atoms with van der Waals surface area (Å²) in [6.07, 6.45) is 4.34. The summed E-state index contributed by atoms with van der Waals surface area (Å²) in [6.45, 7) is 0.366. The molecule has 0 atom stereocenters. The first-order valence-corrected chi connectivity index (χ1v) is 11.4. The largest absolute Gasteiger partial charge is 0.454 e. The van der Waals surface area contributed by atoms with Gasteiger partial charge in [0.25, 0.3) is 0 Å². The number of allylic oxidation sites excluding steroid dienone is 2. The van der Waals surface area contributed by atoms with Gasteiger partial charge in [-0.1, -0.05) is 42.5 Å². The van der Waals surface area contributed by atoms with E-state index in [-0.39, 0.29) is 19.4 Å². The summed E-state index contributed by atoms with van der Waals surface area (Å²) in [6, 6.07) is 23.4. The van der Waals surface area contributed by atoms with Crippen LogP contribution in [0.1, 0.15) is 29.5 Å². The Balaban J connectivity index is 1.45. The fourth-order valence-corrected chi connectivity index (χ4v) is 4.83. The number of fused-ring (bicyclic) bond motifs is 2. The Morgan fingerprint density at radius 3 is 1.74 bits per heavy atom. The molecule has 0 N–H and O–H groups in total. The van der Waals surface area contributed by atoms with Gasteiger partial charge in [-0.05, 0) is 65.9 Å². The summed E-state index contributed by atoms with van der Waals surface area (Å²) in [4.78, 5) is 13.7. The average molecular weight is 463 g/mol. The van der Waals surface area contributed by atoms with Crippen molar-refractivity contribution in [1.82, 2.24) is 0 Å². The number of ether oxygens (including phenoxy) is 4. The predicted molar refractivity (Wildman–Crippen MR) is 129 cm³/mol. The number of nitrogens with zero attached hydrogens (tertiary/aromatic N) is 1. The first-order chi connectivity index (χ1) is 17.1. The number of nitriles is 1. The minimum Gasteiger partial charge on any atom is -0.454 e. The minimum atomic E-state index is -0.862. The molecule has 0 saturated heterocycles. The summed E-state index contributed by atoms with van der Waals surface area (Å²) >= 11 is 0. The quantitative estimate of drug-likeness (QED) is 0.482. The lowest BCUT2D eigenvalue weighted by atomic mass is 9.66. The van der Waals surface area contributed by atoms with Gasteiger partial charge in [0.05, 0.1) is 11.5 Å². The third-order valence-electron chi connectivity index (χ3n) is 6.58. The Bertz CT molecular complexity index is 1350. The van der Waals surface area contributed by atoms with Crippen molar-refractivity contribution in [3.63, 3.8) is 0 Å². The second kappa shape index (κ2) is 8.37. The molecule has 3 aromatic carbocycles. The number of Topliss-reactive ketones (excluding diaryl/α,β-unsaturated/α-hetero) is 1. The summed E-state index contributed by atoms with van der Waals surface area (Å²) < 4.78 is 21.8. The second-order valence-electron chi connectivity index (χ2n) is 8.81. The van der Waals surface area contributed by atoms with Crippen LogP contribution in [0.4, 0.5) is 0 Å². The van der Waals surface area contributed by atoms with E-state index in [4.69, 9.17) is 18.9 Å². The number of benzene rings is 3. The lowest BCUT2D eigenvalue weighted by Gasteiger charge is -2.33. The highest BCUT2D eigenvalue weighted by Gasteiger charge is 2.41. The molecule has 3 aromatic rings. The van der Waals surface area contributed by atoms with Crippen LogP contribution in [0.15, 0.2) is 77.9 Å². The monoisotopic (exact) mass is 463 g/mol. The second-order valence-corrected chi connectivity index (χ2v) is 8.81. The van der Waals surface area contributed by atoms with Crippen LogP contribution in [-0.2, 0) is 10.2 Å². The van der Waals surface area contributed by atoms with Crippen LogP contribution in [-0.4, -0.2) is 19.4 Å². The van der Waals surface area contributed by atoms with Crippen LogP contribution in [0.3, 0.4) is 0 Å². The van der Waals surface area contributed by atoms with E-state index in [0.29, 0.717) is 47.0 Å². The first kappa shape index (κ1) is 21.1. The maximum Gasteiger partial charge on any atom is 0.231 e. The molecule has 2 heterocycles. The Morgan fingerprint density at radius 2 is 1.23 bits per heavy atom. The van der Waals surface area contributed by atoms with Crippen molar-refractivity contribution in [2.24, 2.45) is 0 Å². The van der Waals surface area contributed by atoms with E-state index >= 15 is 0 Å². The lowest BCUT2D eigenvalue weighted by Crippen LogP contribution is -2.33. The summed E-state index contributed by atoms with van der Waals surface area (Å²) in [7, 11) is 0. The molecule has 1 saturated carbocycles. The zero-order valence-corrected chi connectivity index (χ0v) is 18.8. The average Bonchev–Trinajstić information content (AvgIpc) is 3.56. The highest BCUT2D eigenvalue weighted by atomic mass is 16.7. The summed E-state index contributed by atoms with van der Waals surface area (Å²) in [5.41, 5.74) is 2.83. The Morgan fingerprint density at radius 1 is 0.714 bits per heavy atom. The predicted octanol–water partition coefficient (Wildman–Crippen LogP) is 5.44. The number of carbonyl (C=O) groups is 1. The fraction of sp³-hybridized carbons (Fsp3) is 0.172. The van der Waals surface area contributed by atoms with Gasteiger partial charge < -0.3 is 18.9 Å². The molecule has 35 heavy (non-hydrogen) atoms. The van der Waals surface area contributed by atoms with Crippen molar-refractivity contribution in [3.05, 3.63) is 94.6 Å². The van der Waals surface area contributed by atoms with Gasteiger partial charge in [0.2, 0.25) is 13.6 Å². The molecule has 0 radical (unpaired) electrons. The number of ketones is 1. The van der Waals surface area contributed by atoms with Crippen LogP contribution in [0.25, 0.3) is 12.2 Å². The molecule has 172 valence electrons. The van der Waals surface area contributed by atoms with Crippen LogP contribution in [0.5, 0.6) is 23.0 Å². The molecule has 0 unspecified atom stereocenters. The van der Waals surface area contributed by atoms with Gasteiger partial charge in [-0.3, -0.25) is 4.79 Å². The van der Waals surface area contributed by atoms with Gasteiger partial charge in [-0.2, -0.15) is 5.26 Å². The van der Waals surface area contributed by atoms with Gasteiger partial charge in [0, 0.05) is 11.1 Å². The van der Waals surface area contributed by atoms with E-state index in [1.807, 2.05) is 78.9 Å². The summed E-state index contributed by atoms with van der Waals surface area (Å²) in [5.74, 6) is 2.59. The molecule has 0 amide bonds. The molecule has 0 aromatic heterocycles. The third kappa shape index (κ3) is 3.81. The van der Waals surface area contributed by atoms with Crippen molar-refractivity contribution in [2.75, 3.05) is 13.6 Å². The molecular formula is C29H21NO5. The van der Waals surface area contributed by atoms with Crippen molar-refractivity contribution >= 4 is 17.9 Å². The SMILES string of the molecule is N#CC1(c2ccccc2)C/C(=C\c2ccc3c(c2)OCO3)C(=O)/C(=C/c2ccc3c(c2)OCO3)C1. The lowest BCUT2D eigenvalue weighted by molar-refractivity contribution is -0.113. The van der Waals surface area contributed by atoms with Crippen LogP contribution in [0.2, 0.25) is 0 Å². The first-order valence-electron chi connectivity index (χ1n) is 11.4. The van der Waals surface area contributed by atoms with Gasteiger partial charge >= 0.3 is 0 Å². The molecule has 1 fully saturated rings. The van der Waals surface area contributed by atoms with Gasteiger partial charge in [-0.15, -0.1) is 0 Å². The van der Waals surface area contributed by atoms with Crippen molar-refractivity contribution in [3.8, 4) is 29.1 Å². The molecule has 6 nitrogen and oxygen atoms in total. The van der Waals surface area contributed by atoms with Crippen molar-refractivity contribution < 1.29 is 23.7 Å². The van der Waals surface area contributed by atoms with Crippen LogP contribution in [0, 0.1) is 11.3 Å². The maximum absolute atomic E-state index is 13.7. The highest BCUT2D eigenvalue weighted by Crippen LogP contribution is 2.44. The zero-order chi connectivity index (χ0) is 23.8. The van der Waals surface area contributed by atoms with Crippen LogP contribution < -0.4 is 18.9 Å². The van der Waals surface area contributed by atoms with E-state index < -0.39 is 5.41 Å². The molecule has 0 spiro atoms. The smallest absolute Gasteiger partial charge is 0.231 e. The van der Waals surface area contributed by atoms with E-state index in [2.05, 4.69) is 6.07 Å². The van der Waals surface area contributed by atoms with Crippen molar-refractivity contribution in [2.45, 2.75) is 18.3 Å². The third-order valence-corrected chi connectivity index (χ3v) is 6.58. The Hall–Kier alpha value is -4.50. The van der Waals surface area contributed by atoms with E-state index in [0.717, 1.165) is 16.7 Å². The van der Waals surface area contributed by atoms with E-state index in [9.17, 15) is 10.1 Å². The van der Waals surface area contributed by atoms with Gasteiger partial charge in [-0.25, -0.2) is 0 Å². The van der Waals surface area contributed by atoms with Gasteiger partial charge in [0.1, 0.15) is 0 Å². The number of rotatable bonds is 3. The Labute approximate surface area is 202 Å². The Kier molecular flexibility index (Phi) is 5.04. The normalized spacial score (nSPS) is 22.4. The minimum absolute atomic E-state index is 0.0675. The summed E-state index contributed by atoms with van der Waals surface area (Å²) in [5, 5.41) is 10.4. The standard InChI is InChI=1S/C29H21NO5/c30-16-29(23-4-2-1-3-5-23)14-21(10-19-6-8-24-26(12-19)34-17-32-24)28(31)22(15-29)11-20-7-9-25-27(13-20)35-18-33-25/h1-13H,14-15,17-18H2/b21-10+,22-11+. The molecule has 6 rings (SSSR count). The van der Waals surface area contributed by atoms with Crippen LogP contribution >= 0.6 is 0 Å². The molecule has 3 aliphatic rings. The molecule has 1 aliphatic carbocycles. The topological polar surface area (TPSA) is 77.8 Å². The zero-order valence-electron chi connectivity index (χ0n) is 18.8. The number of carbonyl (C=O) groups excluding carboxylic acids is 1. The number of hydrogen-bond acceptors (Lipinski definition) is 6. The molecule has 0 bridgehead atoms. The van der Waals surface area contributed by atoms with E-state index in [1.165, 1.54) is 0 Å². The molecule has 2 aliphatic heterocycles. The number of hydrogen-bond donors (Lipinski definition) is 0. The maximum atomic E-state index is 13.7. The molecular weight excluding hydrogens is 442 g/mol. The molecule has 6 heteroatoms.